The number of halogens is 1. The Morgan fingerprint density at radius 3 is 2.52 bits per heavy atom. The van der Waals surface area contributed by atoms with Crippen LogP contribution in [0.25, 0.3) is 17.3 Å². The first-order valence-electron chi connectivity index (χ1n) is 9.29. The van der Waals surface area contributed by atoms with Crippen LogP contribution in [0.3, 0.4) is 0 Å². The van der Waals surface area contributed by atoms with Crippen LogP contribution < -0.4 is 9.80 Å². The smallest absolute Gasteiger partial charge is 0.186 e. The molecule has 3 nitrogen and oxygen atoms in total. The third-order valence-corrected chi connectivity index (χ3v) is 6.32. The van der Waals surface area contributed by atoms with Gasteiger partial charge in [-0.2, -0.15) is 0 Å². The summed E-state index contributed by atoms with van der Waals surface area (Å²) in [5.74, 6) is 0. The highest BCUT2D eigenvalue weighted by molar-refractivity contribution is 9.10. The largest absolute Gasteiger partial charge is 0.337 e. The summed E-state index contributed by atoms with van der Waals surface area (Å²) in [6.07, 6.45) is 4.53. The first-order valence-corrected chi connectivity index (χ1v) is 11.0. The Morgan fingerprint density at radius 2 is 1.78 bits per heavy atom. The fraction of sp³-hybridized carbons (Fsp3) is 0.227. The molecule has 2 heterocycles. The summed E-state index contributed by atoms with van der Waals surface area (Å²) < 4.78 is 1.10. The maximum Gasteiger partial charge on any atom is 0.186 e. The van der Waals surface area contributed by atoms with Crippen LogP contribution in [0.4, 0.5) is 5.13 Å². The highest BCUT2D eigenvalue weighted by Crippen LogP contribution is 2.28. The van der Waals surface area contributed by atoms with Crippen LogP contribution in [0.5, 0.6) is 0 Å². The standard InChI is InChI=1S/C22H22BrN3S/c23-20-10-8-19(9-11-20)21-17-27-22(24-21)26-15-13-25(14-16-26)12-4-7-18-5-2-1-3-6-18/h1-11,17H,12-16H2/p+1. The number of rotatable bonds is 5. The third-order valence-electron chi connectivity index (χ3n) is 4.89. The molecule has 1 aromatic heterocycles. The lowest BCUT2D eigenvalue weighted by Crippen LogP contribution is -3.14. The summed E-state index contributed by atoms with van der Waals surface area (Å²) in [7, 11) is 0. The van der Waals surface area contributed by atoms with Gasteiger partial charge in [0.1, 0.15) is 0 Å². The predicted molar refractivity (Wildman–Crippen MR) is 119 cm³/mol. The van der Waals surface area contributed by atoms with E-state index >= 15 is 0 Å². The Morgan fingerprint density at radius 1 is 1.04 bits per heavy atom. The van der Waals surface area contributed by atoms with E-state index < -0.39 is 0 Å². The van der Waals surface area contributed by atoms with Crippen LogP contribution in [-0.4, -0.2) is 37.7 Å². The molecule has 0 saturated carbocycles. The van der Waals surface area contributed by atoms with Gasteiger partial charge in [-0.05, 0) is 23.8 Å². The van der Waals surface area contributed by atoms with Crippen molar-refractivity contribution in [2.45, 2.75) is 0 Å². The molecular formula is C22H23BrN3S+. The molecule has 27 heavy (non-hydrogen) atoms. The average Bonchev–Trinajstić information content (AvgIpc) is 3.20. The highest BCUT2D eigenvalue weighted by Gasteiger charge is 2.21. The van der Waals surface area contributed by atoms with Gasteiger partial charge in [0.15, 0.2) is 5.13 Å². The van der Waals surface area contributed by atoms with Gasteiger partial charge in [0.05, 0.1) is 38.4 Å². The fourth-order valence-electron chi connectivity index (χ4n) is 3.31. The van der Waals surface area contributed by atoms with E-state index in [-0.39, 0.29) is 0 Å². The fourth-order valence-corrected chi connectivity index (χ4v) is 4.46. The van der Waals surface area contributed by atoms with Gasteiger partial charge >= 0.3 is 0 Å². The first-order chi connectivity index (χ1) is 13.3. The highest BCUT2D eigenvalue weighted by atomic mass is 79.9. The van der Waals surface area contributed by atoms with Gasteiger partial charge in [0, 0.05) is 15.4 Å². The topological polar surface area (TPSA) is 20.6 Å². The zero-order valence-electron chi connectivity index (χ0n) is 15.1. The lowest BCUT2D eigenvalue weighted by molar-refractivity contribution is -0.894. The number of quaternary nitrogens is 1. The number of benzene rings is 2. The number of hydrogen-bond acceptors (Lipinski definition) is 3. The number of nitrogens with one attached hydrogen (secondary N) is 1. The molecule has 1 saturated heterocycles. The first kappa shape index (κ1) is 18.4. The molecule has 0 bridgehead atoms. The molecule has 1 aliphatic rings. The van der Waals surface area contributed by atoms with E-state index in [4.69, 9.17) is 4.98 Å². The molecular weight excluding hydrogens is 418 g/mol. The predicted octanol–water partition coefficient (Wildman–Crippen LogP) is 3.99. The number of nitrogens with zero attached hydrogens (tertiary/aromatic N) is 2. The Bertz CT molecular complexity index is 881. The maximum absolute atomic E-state index is 4.87. The van der Waals surface area contributed by atoms with E-state index in [0.29, 0.717) is 0 Å². The van der Waals surface area contributed by atoms with Gasteiger partial charge in [-0.3, -0.25) is 0 Å². The van der Waals surface area contributed by atoms with E-state index in [1.165, 1.54) is 11.1 Å². The molecule has 0 spiro atoms. The van der Waals surface area contributed by atoms with Crippen molar-refractivity contribution in [2.24, 2.45) is 0 Å². The second kappa shape index (κ2) is 8.83. The Labute approximate surface area is 173 Å². The minimum Gasteiger partial charge on any atom is -0.337 e. The quantitative estimate of drug-likeness (QED) is 0.647. The molecule has 2 aromatic carbocycles. The SMILES string of the molecule is Brc1ccc(-c2csc(N3CC[NH+](CC=Cc4ccccc4)CC3)n2)cc1. The molecule has 1 aliphatic heterocycles. The van der Waals surface area contributed by atoms with E-state index in [0.717, 1.165) is 48.0 Å². The molecule has 1 N–H and O–H groups in total. The molecule has 1 fully saturated rings. The second-order valence-electron chi connectivity index (χ2n) is 6.78. The maximum atomic E-state index is 4.87. The molecule has 4 rings (SSSR count). The average molecular weight is 441 g/mol. The lowest BCUT2D eigenvalue weighted by atomic mass is 10.2. The van der Waals surface area contributed by atoms with Gasteiger partial charge in [-0.25, -0.2) is 4.98 Å². The zero-order chi connectivity index (χ0) is 18.5. The van der Waals surface area contributed by atoms with E-state index in [9.17, 15) is 0 Å². The van der Waals surface area contributed by atoms with Crippen LogP contribution in [-0.2, 0) is 0 Å². The van der Waals surface area contributed by atoms with Crippen molar-refractivity contribution >= 4 is 38.5 Å². The van der Waals surface area contributed by atoms with Gasteiger partial charge in [0.25, 0.3) is 0 Å². The van der Waals surface area contributed by atoms with Crippen molar-refractivity contribution in [3.05, 3.63) is 76.1 Å². The Kier molecular flexibility index (Phi) is 6.02. The molecule has 0 radical (unpaired) electrons. The van der Waals surface area contributed by atoms with Gasteiger partial charge in [0.2, 0.25) is 0 Å². The third kappa shape index (κ3) is 4.86. The van der Waals surface area contributed by atoms with Crippen molar-refractivity contribution in [3.63, 3.8) is 0 Å². The summed E-state index contributed by atoms with van der Waals surface area (Å²) in [5.41, 5.74) is 3.53. The van der Waals surface area contributed by atoms with Crippen LogP contribution in [0.2, 0.25) is 0 Å². The Balaban J connectivity index is 1.30. The molecule has 0 unspecified atom stereocenters. The normalized spacial score (nSPS) is 15.5. The molecule has 0 aliphatic carbocycles. The molecule has 138 valence electrons. The molecule has 5 heteroatoms. The minimum atomic E-state index is 1.07. The summed E-state index contributed by atoms with van der Waals surface area (Å²) in [6.45, 7) is 5.55. The molecule has 0 amide bonds. The van der Waals surface area contributed by atoms with Crippen molar-refractivity contribution in [1.82, 2.24) is 4.98 Å². The second-order valence-corrected chi connectivity index (χ2v) is 8.53. The van der Waals surface area contributed by atoms with Gasteiger partial charge in [-0.1, -0.05) is 64.5 Å². The zero-order valence-corrected chi connectivity index (χ0v) is 17.5. The molecule has 3 aromatic rings. The number of aromatic nitrogens is 1. The van der Waals surface area contributed by atoms with Crippen LogP contribution in [0.15, 0.2) is 70.5 Å². The van der Waals surface area contributed by atoms with Crippen molar-refractivity contribution in [3.8, 4) is 11.3 Å². The number of piperazine rings is 1. The Hall–Kier alpha value is -1.95. The van der Waals surface area contributed by atoms with Gasteiger partial charge in [-0.15, -0.1) is 11.3 Å². The summed E-state index contributed by atoms with van der Waals surface area (Å²) in [5, 5.41) is 3.31. The monoisotopic (exact) mass is 440 g/mol. The van der Waals surface area contributed by atoms with E-state index in [1.807, 2.05) is 0 Å². The lowest BCUT2D eigenvalue weighted by Gasteiger charge is -2.31. The number of anilines is 1. The van der Waals surface area contributed by atoms with Crippen LogP contribution in [0, 0.1) is 0 Å². The van der Waals surface area contributed by atoms with Crippen LogP contribution >= 0.6 is 27.3 Å². The van der Waals surface area contributed by atoms with Crippen molar-refractivity contribution in [2.75, 3.05) is 37.6 Å². The summed E-state index contributed by atoms with van der Waals surface area (Å²) >= 11 is 5.24. The number of hydrogen-bond donors (Lipinski definition) is 1. The summed E-state index contributed by atoms with van der Waals surface area (Å²) in [4.78, 5) is 8.94. The van der Waals surface area contributed by atoms with E-state index in [2.05, 4.69) is 93.0 Å². The van der Waals surface area contributed by atoms with Crippen LogP contribution in [0.1, 0.15) is 5.56 Å². The van der Waals surface area contributed by atoms with Gasteiger partial charge < -0.3 is 9.80 Å². The van der Waals surface area contributed by atoms with E-state index in [1.54, 1.807) is 16.2 Å². The molecule has 0 atom stereocenters. The summed E-state index contributed by atoms with van der Waals surface area (Å²) in [6, 6.07) is 18.9. The minimum absolute atomic E-state index is 1.07. The van der Waals surface area contributed by atoms with Crippen molar-refractivity contribution < 1.29 is 4.90 Å². The van der Waals surface area contributed by atoms with Crippen molar-refractivity contribution in [1.29, 1.82) is 0 Å². The number of thiazole rings is 1.